The van der Waals surface area contributed by atoms with E-state index in [2.05, 4.69) is 15.3 Å². The van der Waals surface area contributed by atoms with Gasteiger partial charge in [-0.25, -0.2) is 4.98 Å². The fourth-order valence-corrected chi connectivity index (χ4v) is 2.20. The van der Waals surface area contributed by atoms with Crippen molar-refractivity contribution in [1.82, 2.24) is 9.97 Å². The molecule has 0 saturated carbocycles. The Bertz CT molecular complexity index is 890. The van der Waals surface area contributed by atoms with E-state index in [4.69, 9.17) is 14.7 Å². The Morgan fingerprint density at radius 3 is 2.46 bits per heavy atom. The number of nitrogens with one attached hydrogen (secondary N) is 1. The van der Waals surface area contributed by atoms with Crippen molar-refractivity contribution in [2.45, 2.75) is 13.3 Å². The third kappa shape index (κ3) is 4.48. The molecule has 3 aromatic rings. The highest BCUT2D eigenvalue weighted by Crippen LogP contribution is 2.27. The van der Waals surface area contributed by atoms with Crippen LogP contribution < -0.4 is 14.8 Å². The Labute approximate surface area is 152 Å². The molecule has 6 heteroatoms. The highest BCUT2D eigenvalue weighted by atomic mass is 16.5. The quantitative estimate of drug-likeness (QED) is 0.669. The van der Waals surface area contributed by atoms with E-state index >= 15 is 0 Å². The lowest BCUT2D eigenvalue weighted by atomic mass is 10.3. The monoisotopic (exact) mass is 346 g/mol. The molecular weight excluding hydrogens is 328 g/mol. The molecule has 26 heavy (non-hydrogen) atoms. The molecule has 0 radical (unpaired) electrons. The van der Waals surface area contributed by atoms with Crippen molar-refractivity contribution in [2.75, 3.05) is 11.9 Å². The van der Waals surface area contributed by atoms with Crippen molar-refractivity contribution in [3.8, 4) is 23.3 Å². The maximum Gasteiger partial charge on any atom is 0.234 e. The first-order valence-corrected chi connectivity index (χ1v) is 8.28. The van der Waals surface area contributed by atoms with Gasteiger partial charge in [0.25, 0.3) is 0 Å². The molecule has 0 saturated heterocycles. The summed E-state index contributed by atoms with van der Waals surface area (Å²) in [5, 5.41) is 12.2. The van der Waals surface area contributed by atoms with Crippen LogP contribution in [0.3, 0.4) is 0 Å². The van der Waals surface area contributed by atoms with Crippen LogP contribution in [0.4, 0.5) is 11.5 Å². The van der Waals surface area contributed by atoms with Gasteiger partial charge in [0.1, 0.15) is 17.6 Å². The highest BCUT2D eigenvalue weighted by molar-refractivity contribution is 5.62. The summed E-state index contributed by atoms with van der Waals surface area (Å²) in [7, 11) is 0. The van der Waals surface area contributed by atoms with Crippen LogP contribution in [0, 0.1) is 11.3 Å². The van der Waals surface area contributed by atoms with Gasteiger partial charge in [0.15, 0.2) is 11.6 Å². The molecule has 1 heterocycles. The Balaban J connectivity index is 1.75. The Morgan fingerprint density at radius 1 is 1.04 bits per heavy atom. The summed E-state index contributed by atoms with van der Waals surface area (Å²) >= 11 is 0. The zero-order valence-corrected chi connectivity index (χ0v) is 14.3. The molecule has 0 amide bonds. The molecule has 0 fully saturated rings. The summed E-state index contributed by atoms with van der Waals surface area (Å²) in [6.45, 7) is 2.57. The van der Waals surface area contributed by atoms with E-state index in [1.54, 1.807) is 0 Å². The van der Waals surface area contributed by atoms with E-state index in [1.807, 2.05) is 67.6 Å². The Kier molecular flexibility index (Phi) is 5.63. The molecule has 0 unspecified atom stereocenters. The molecule has 2 aromatic carbocycles. The van der Waals surface area contributed by atoms with Crippen LogP contribution in [0.15, 0.2) is 60.8 Å². The van der Waals surface area contributed by atoms with Crippen LogP contribution in [0.2, 0.25) is 0 Å². The predicted molar refractivity (Wildman–Crippen MR) is 98.8 cm³/mol. The number of rotatable bonds is 7. The second kappa shape index (κ2) is 8.49. The van der Waals surface area contributed by atoms with Gasteiger partial charge in [0.2, 0.25) is 5.82 Å². The standard InChI is InChI=1S/C20H18N4O2/c1-2-12-25-18-14-22-19(13-21)24-20(18)23-15-8-10-17(11-9-15)26-16-6-4-3-5-7-16/h3-11,14H,2,12H2,1H3,(H,22,23,24). The second-order valence-electron chi connectivity index (χ2n) is 5.43. The zero-order valence-electron chi connectivity index (χ0n) is 14.3. The molecule has 3 rings (SSSR count). The van der Waals surface area contributed by atoms with Crippen LogP contribution in [0.25, 0.3) is 0 Å². The zero-order chi connectivity index (χ0) is 18.2. The van der Waals surface area contributed by atoms with E-state index in [0.29, 0.717) is 18.2 Å². The summed E-state index contributed by atoms with van der Waals surface area (Å²) < 4.78 is 11.4. The lowest BCUT2D eigenvalue weighted by Crippen LogP contribution is -2.04. The van der Waals surface area contributed by atoms with Crippen LogP contribution in [0.5, 0.6) is 17.2 Å². The number of anilines is 2. The SMILES string of the molecule is CCCOc1cnc(C#N)nc1Nc1ccc(Oc2ccccc2)cc1. The number of nitrogens with zero attached hydrogens (tertiary/aromatic N) is 3. The topological polar surface area (TPSA) is 80.1 Å². The van der Waals surface area contributed by atoms with Crippen molar-refractivity contribution < 1.29 is 9.47 Å². The summed E-state index contributed by atoms with van der Waals surface area (Å²) in [6.07, 6.45) is 2.38. The molecule has 0 atom stereocenters. The van der Waals surface area contributed by atoms with E-state index in [0.717, 1.165) is 23.6 Å². The third-order valence-electron chi connectivity index (χ3n) is 3.41. The molecule has 1 N–H and O–H groups in total. The molecule has 0 aliphatic rings. The summed E-state index contributed by atoms with van der Waals surface area (Å²) in [5.41, 5.74) is 0.800. The van der Waals surface area contributed by atoms with Gasteiger partial charge in [-0.3, -0.25) is 0 Å². The molecule has 1 aromatic heterocycles. The first-order chi connectivity index (χ1) is 12.8. The number of benzene rings is 2. The maximum absolute atomic E-state index is 9.01. The van der Waals surface area contributed by atoms with Gasteiger partial charge in [-0.05, 0) is 42.8 Å². The minimum Gasteiger partial charge on any atom is -0.488 e. The minimum atomic E-state index is 0.0837. The van der Waals surface area contributed by atoms with Crippen molar-refractivity contribution in [3.05, 3.63) is 66.6 Å². The molecule has 0 bridgehead atoms. The van der Waals surface area contributed by atoms with Crippen LogP contribution in [0.1, 0.15) is 19.2 Å². The second-order valence-corrected chi connectivity index (χ2v) is 5.43. The van der Waals surface area contributed by atoms with Gasteiger partial charge in [0, 0.05) is 5.69 Å². The first kappa shape index (κ1) is 17.2. The number of nitriles is 1. The van der Waals surface area contributed by atoms with Gasteiger partial charge in [-0.15, -0.1) is 0 Å². The smallest absolute Gasteiger partial charge is 0.234 e. The van der Waals surface area contributed by atoms with Gasteiger partial charge in [0.05, 0.1) is 12.8 Å². The largest absolute Gasteiger partial charge is 0.488 e. The number of aromatic nitrogens is 2. The number of hydrogen-bond acceptors (Lipinski definition) is 6. The molecule has 0 aliphatic carbocycles. The van der Waals surface area contributed by atoms with Crippen LogP contribution >= 0.6 is 0 Å². The van der Waals surface area contributed by atoms with Crippen molar-refractivity contribution in [2.24, 2.45) is 0 Å². The third-order valence-corrected chi connectivity index (χ3v) is 3.41. The molecule has 130 valence electrons. The minimum absolute atomic E-state index is 0.0837. The van der Waals surface area contributed by atoms with E-state index in [-0.39, 0.29) is 5.82 Å². The first-order valence-electron chi connectivity index (χ1n) is 8.28. The van der Waals surface area contributed by atoms with Gasteiger partial charge in [-0.2, -0.15) is 10.2 Å². The fourth-order valence-electron chi connectivity index (χ4n) is 2.20. The fraction of sp³-hybridized carbons (Fsp3) is 0.150. The average Bonchev–Trinajstić information content (AvgIpc) is 2.69. The summed E-state index contributed by atoms with van der Waals surface area (Å²) in [5.74, 6) is 2.56. The van der Waals surface area contributed by atoms with Gasteiger partial charge in [-0.1, -0.05) is 25.1 Å². The number of ether oxygens (including phenoxy) is 2. The molecule has 0 aliphatic heterocycles. The van der Waals surface area contributed by atoms with Crippen LogP contribution in [-0.2, 0) is 0 Å². The molecule has 6 nitrogen and oxygen atoms in total. The van der Waals surface area contributed by atoms with Crippen LogP contribution in [-0.4, -0.2) is 16.6 Å². The van der Waals surface area contributed by atoms with Crippen molar-refractivity contribution >= 4 is 11.5 Å². The Hall–Kier alpha value is -3.59. The Morgan fingerprint density at radius 2 is 1.77 bits per heavy atom. The summed E-state index contributed by atoms with van der Waals surface area (Å²) in [6, 6.07) is 19.0. The lowest BCUT2D eigenvalue weighted by molar-refractivity contribution is 0.316. The maximum atomic E-state index is 9.01. The molecule has 0 spiro atoms. The highest BCUT2D eigenvalue weighted by Gasteiger charge is 2.09. The lowest BCUT2D eigenvalue weighted by Gasteiger charge is -2.12. The van der Waals surface area contributed by atoms with Gasteiger partial charge < -0.3 is 14.8 Å². The van der Waals surface area contributed by atoms with E-state index in [9.17, 15) is 0 Å². The van der Waals surface area contributed by atoms with E-state index in [1.165, 1.54) is 6.20 Å². The normalized spacial score (nSPS) is 10.0. The summed E-state index contributed by atoms with van der Waals surface area (Å²) in [4.78, 5) is 8.15. The van der Waals surface area contributed by atoms with Gasteiger partial charge >= 0.3 is 0 Å². The average molecular weight is 346 g/mol. The molecular formula is C20H18N4O2. The predicted octanol–water partition coefficient (Wildman–Crippen LogP) is 4.67. The number of hydrogen-bond donors (Lipinski definition) is 1. The number of para-hydroxylation sites is 1. The van der Waals surface area contributed by atoms with Crippen molar-refractivity contribution in [3.63, 3.8) is 0 Å². The van der Waals surface area contributed by atoms with Crippen molar-refractivity contribution in [1.29, 1.82) is 5.26 Å². The van der Waals surface area contributed by atoms with E-state index < -0.39 is 0 Å².